The van der Waals surface area contributed by atoms with Crippen molar-refractivity contribution in [3.63, 3.8) is 0 Å². The van der Waals surface area contributed by atoms with Gasteiger partial charge in [0.25, 0.3) is 5.82 Å². The third kappa shape index (κ3) is 2.17. The molecule has 0 unspecified atom stereocenters. The van der Waals surface area contributed by atoms with E-state index < -0.39 is 5.82 Å². The molecule has 18 heavy (non-hydrogen) atoms. The summed E-state index contributed by atoms with van der Waals surface area (Å²) in [6.07, 6.45) is 0. The van der Waals surface area contributed by atoms with E-state index in [1.165, 1.54) is 6.07 Å². The average Bonchev–Trinajstić information content (AvgIpc) is 2.63. The van der Waals surface area contributed by atoms with Crippen molar-refractivity contribution < 1.29 is 8.96 Å². The fourth-order valence-electron chi connectivity index (χ4n) is 1.61. The average molecular weight is 246 g/mol. The molecule has 0 radical (unpaired) electrons. The van der Waals surface area contributed by atoms with Crippen molar-refractivity contribution in [3.05, 3.63) is 35.8 Å². The van der Waals surface area contributed by atoms with Gasteiger partial charge in [-0.15, -0.1) is 4.99 Å². The molecule has 1 N–H and O–H groups in total. The van der Waals surface area contributed by atoms with E-state index in [-0.39, 0.29) is 5.69 Å². The Hall–Kier alpha value is -2.37. The predicted octanol–water partition coefficient (Wildman–Crippen LogP) is 3.03. The summed E-state index contributed by atoms with van der Waals surface area (Å²) in [6.45, 7) is 5.33. The Morgan fingerprint density at radius 1 is 1.28 bits per heavy atom. The van der Waals surface area contributed by atoms with E-state index in [9.17, 15) is 4.39 Å². The molecule has 5 nitrogen and oxygen atoms in total. The van der Waals surface area contributed by atoms with Gasteiger partial charge in [-0.3, -0.25) is 4.98 Å². The number of hydrogen-bond acceptors (Lipinski definition) is 3. The number of H-pyrrole nitrogens is 1. The van der Waals surface area contributed by atoms with Crippen molar-refractivity contribution in [2.24, 2.45) is 22.3 Å². The number of imidazole rings is 1. The van der Waals surface area contributed by atoms with Gasteiger partial charge >= 0.3 is 5.95 Å². The molecule has 1 aromatic carbocycles. The van der Waals surface area contributed by atoms with Crippen LogP contribution in [0.5, 0.6) is 0 Å². The third-order valence-corrected chi connectivity index (χ3v) is 2.52. The minimum atomic E-state index is -0.408. The number of halogens is 1. The number of azo groups is 1. The Balaban J connectivity index is 2.35. The highest BCUT2D eigenvalue weighted by molar-refractivity contribution is 5.41. The molecule has 2 rings (SSSR count). The van der Waals surface area contributed by atoms with Crippen LogP contribution in [0.15, 0.2) is 39.5 Å². The zero-order valence-corrected chi connectivity index (χ0v) is 10.2. The number of nitrogens with zero attached hydrogens (tertiary/aromatic N) is 4. The number of aromatic amines is 1. The Labute approximate surface area is 104 Å². The highest BCUT2D eigenvalue weighted by Gasteiger charge is 2.16. The van der Waals surface area contributed by atoms with Crippen LogP contribution in [0, 0.1) is 12.7 Å². The van der Waals surface area contributed by atoms with E-state index in [1.807, 2.05) is 6.92 Å². The van der Waals surface area contributed by atoms with Crippen molar-refractivity contribution >= 4 is 24.2 Å². The fourth-order valence-corrected chi connectivity index (χ4v) is 1.61. The molecule has 6 heteroatoms. The van der Waals surface area contributed by atoms with Crippen molar-refractivity contribution in [1.82, 2.24) is 4.98 Å². The van der Waals surface area contributed by atoms with Crippen LogP contribution in [-0.2, 0) is 7.05 Å². The first kappa shape index (κ1) is 12.1. The maximum Gasteiger partial charge on any atom is 0.374 e. The molecule has 0 aliphatic rings. The van der Waals surface area contributed by atoms with E-state index in [0.717, 1.165) is 5.69 Å². The first-order chi connectivity index (χ1) is 8.63. The third-order valence-electron chi connectivity index (χ3n) is 2.52. The quantitative estimate of drug-likeness (QED) is 0.491. The first-order valence-electron chi connectivity index (χ1n) is 5.35. The largest absolute Gasteiger partial charge is 0.374 e. The molecule has 0 saturated heterocycles. The molecule has 0 aliphatic carbocycles. The van der Waals surface area contributed by atoms with Gasteiger partial charge in [0.2, 0.25) is 0 Å². The van der Waals surface area contributed by atoms with Crippen LogP contribution in [-0.4, -0.2) is 11.7 Å². The lowest BCUT2D eigenvalue weighted by Crippen LogP contribution is -2.25. The molecule has 1 aromatic heterocycles. The van der Waals surface area contributed by atoms with Crippen LogP contribution >= 0.6 is 0 Å². The number of aliphatic imine (C=N–C) groups is 1. The number of nitrogens with one attached hydrogen (secondary N) is 1. The van der Waals surface area contributed by atoms with Gasteiger partial charge in [-0.1, -0.05) is 17.2 Å². The van der Waals surface area contributed by atoms with Gasteiger partial charge in [-0.25, -0.2) is 8.96 Å². The van der Waals surface area contributed by atoms with Crippen LogP contribution in [0.4, 0.5) is 21.8 Å². The lowest BCUT2D eigenvalue weighted by atomic mass is 10.3. The van der Waals surface area contributed by atoms with Gasteiger partial charge in [-0.2, -0.15) is 0 Å². The minimum Gasteiger partial charge on any atom is -0.259 e. The second-order valence-electron chi connectivity index (χ2n) is 3.77. The van der Waals surface area contributed by atoms with E-state index in [4.69, 9.17) is 0 Å². The molecule has 92 valence electrons. The lowest BCUT2D eigenvalue weighted by molar-refractivity contribution is -0.644. The van der Waals surface area contributed by atoms with Crippen LogP contribution < -0.4 is 4.57 Å². The summed E-state index contributed by atoms with van der Waals surface area (Å²) in [6, 6.07) is 6.20. The van der Waals surface area contributed by atoms with Gasteiger partial charge in [0.15, 0.2) is 5.82 Å². The number of aromatic nitrogens is 2. The SMILES string of the molecule is C=Nc1c(C)[nH]c(N=Nc2ccccc2F)[n+]1C. The molecule has 0 saturated carbocycles. The van der Waals surface area contributed by atoms with Crippen LogP contribution in [0.25, 0.3) is 0 Å². The van der Waals surface area contributed by atoms with Crippen LogP contribution in [0.1, 0.15) is 5.69 Å². The van der Waals surface area contributed by atoms with E-state index in [0.29, 0.717) is 11.8 Å². The number of aryl methyl sites for hydroxylation is 1. The Morgan fingerprint density at radius 3 is 2.61 bits per heavy atom. The summed E-state index contributed by atoms with van der Waals surface area (Å²) in [4.78, 5) is 6.87. The standard InChI is InChI=1S/C12H12FN5/c1-8-11(14-2)18(3)12(15-8)17-16-10-7-5-4-6-9(10)13/h4-7H,2H2,1,3H3/p+1. The molecular weight excluding hydrogens is 233 g/mol. The summed E-state index contributed by atoms with van der Waals surface area (Å²) in [5.74, 6) is 0.755. The second-order valence-corrected chi connectivity index (χ2v) is 3.77. The van der Waals surface area contributed by atoms with E-state index in [1.54, 1.807) is 29.8 Å². The van der Waals surface area contributed by atoms with Crippen molar-refractivity contribution in [1.29, 1.82) is 0 Å². The normalized spacial score (nSPS) is 11.1. The van der Waals surface area contributed by atoms with Crippen molar-refractivity contribution in [2.45, 2.75) is 6.92 Å². The lowest BCUT2D eigenvalue weighted by Gasteiger charge is -1.91. The summed E-state index contributed by atoms with van der Waals surface area (Å²) in [5.41, 5.74) is 1.02. The molecule has 0 spiro atoms. The smallest absolute Gasteiger partial charge is 0.259 e. The van der Waals surface area contributed by atoms with E-state index in [2.05, 4.69) is 26.9 Å². The zero-order valence-electron chi connectivity index (χ0n) is 10.2. The Morgan fingerprint density at radius 2 is 2.00 bits per heavy atom. The summed E-state index contributed by atoms with van der Waals surface area (Å²) < 4.78 is 15.0. The predicted molar refractivity (Wildman–Crippen MR) is 66.5 cm³/mol. The number of rotatable bonds is 3. The van der Waals surface area contributed by atoms with Gasteiger partial charge in [0.05, 0.1) is 7.05 Å². The van der Waals surface area contributed by atoms with Crippen molar-refractivity contribution in [3.8, 4) is 0 Å². The van der Waals surface area contributed by atoms with E-state index >= 15 is 0 Å². The molecule has 2 aromatic rings. The maximum atomic E-state index is 13.3. The topological polar surface area (TPSA) is 56.8 Å². The summed E-state index contributed by atoms with van der Waals surface area (Å²) in [5, 5.41) is 7.83. The summed E-state index contributed by atoms with van der Waals surface area (Å²) in [7, 11) is 1.78. The fraction of sp³-hybridized carbons (Fsp3) is 0.167. The van der Waals surface area contributed by atoms with Gasteiger partial charge in [0, 0.05) is 11.8 Å². The van der Waals surface area contributed by atoms with Crippen molar-refractivity contribution in [2.75, 3.05) is 0 Å². The molecule has 0 amide bonds. The van der Waals surface area contributed by atoms with Gasteiger partial charge in [-0.05, 0) is 19.1 Å². The highest BCUT2D eigenvalue weighted by Crippen LogP contribution is 2.20. The summed E-state index contributed by atoms with van der Waals surface area (Å²) >= 11 is 0. The molecule has 0 fully saturated rings. The minimum absolute atomic E-state index is 0.192. The number of benzene rings is 1. The van der Waals surface area contributed by atoms with Gasteiger partial charge < -0.3 is 0 Å². The van der Waals surface area contributed by atoms with Crippen LogP contribution in [0.3, 0.4) is 0 Å². The molecule has 0 atom stereocenters. The molecular formula is C12H13FN5+. The number of hydrogen-bond donors (Lipinski definition) is 1. The molecule has 1 heterocycles. The molecule has 0 bridgehead atoms. The maximum absolute atomic E-state index is 13.3. The van der Waals surface area contributed by atoms with Crippen LogP contribution in [0.2, 0.25) is 0 Å². The Kier molecular flexibility index (Phi) is 3.27. The zero-order chi connectivity index (χ0) is 13.1. The first-order valence-corrected chi connectivity index (χ1v) is 5.35. The highest BCUT2D eigenvalue weighted by atomic mass is 19.1. The second kappa shape index (κ2) is 4.87. The van der Waals surface area contributed by atoms with Gasteiger partial charge in [0.1, 0.15) is 11.4 Å². The Bertz CT molecular complexity index is 615. The molecule has 0 aliphatic heterocycles. The monoisotopic (exact) mass is 246 g/mol.